The zero-order valence-corrected chi connectivity index (χ0v) is 17.3. The van der Waals surface area contributed by atoms with Crippen LogP contribution in [0.4, 0.5) is 4.39 Å². The van der Waals surface area contributed by atoms with Crippen molar-refractivity contribution in [1.29, 1.82) is 0 Å². The number of benzene rings is 2. The Morgan fingerprint density at radius 1 is 0.966 bits per heavy atom. The first-order valence-corrected chi connectivity index (χ1v) is 11.2. The highest BCUT2D eigenvalue weighted by Gasteiger charge is 2.33. The van der Waals surface area contributed by atoms with Crippen LogP contribution in [0.15, 0.2) is 48.6 Å². The summed E-state index contributed by atoms with van der Waals surface area (Å²) in [7, 11) is 0. The number of hydrogen-bond acceptors (Lipinski definition) is 2. The van der Waals surface area contributed by atoms with Gasteiger partial charge in [-0.2, -0.15) is 0 Å². The molecule has 2 fully saturated rings. The molecule has 4 rings (SSSR count). The Morgan fingerprint density at radius 3 is 2.34 bits per heavy atom. The lowest BCUT2D eigenvalue weighted by atomic mass is 9.69. The SMILES string of the molecule is C/C=C/C1CCC(C2CCC(C(=O)Oc3ccc4c(F)cccc4c3)CC2)CC1. The predicted octanol–water partition coefficient (Wildman–Crippen LogP) is 7.07. The van der Waals surface area contributed by atoms with Gasteiger partial charge in [0.15, 0.2) is 0 Å². The van der Waals surface area contributed by atoms with E-state index in [-0.39, 0.29) is 17.7 Å². The molecule has 29 heavy (non-hydrogen) atoms. The van der Waals surface area contributed by atoms with Gasteiger partial charge in [0.2, 0.25) is 0 Å². The molecule has 0 bridgehead atoms. The topological polar surface area (TPSA) is 26.3 Å². The molecule has 0 amide bonds. The molecule has 0 aromatic heterocycles. The summed E-state index contributed by atoms with van der Waals surface area (Å²) in [6.45, 7) is 2.11. The lowest BCUT2D eigenvalue weighted by Gasteiger charge is -2.36. The molecule has 0 radical (unpaired) electrons. The molecule has 0 spiro atoms. The third kappa shape index (κ3) is 4.71. The highest BCUT2D eigenvalue weighted by atomic mass is 19.1. The van der Waals surface area contributed by atoms with E-state index in [4.69, 9.17) is 4.74 Å². The Balaban J connectivity index is 1.29. The van der Waals surface area contributed by atoms with E-state index in [2.05, 4.69) is 19.1 Å². The highest BCUT2D eigenvalue weighted by Crippen LogP contribution is 2.42. The van der Waals surface area contributed by atoms with E-state index in [9.17, 15) is 9.18 Å². The van der Waals surface area contributed by atoms with E-state index in [1.54, 1.807) is 24.3 Å². The molecule has 2 aliphatic carbocycles. The summed E-state index contributed by atoms with van der Waals surface area (Å²) >= 11 is 0. The molecule has 0 N–H and O–H groups in total. The first-order valence-electron chi connectivity index (χ1n) is 11.2. The number of hydrogen-bond donors (Lipinski definition) is 0. The maximum absolute atomic E-state index is 13.8. The Hall–Kier alpha value is -2.16. The number of fused-ring (bicyclic) bond motifs is 1. The summed E-state index contributed by atoms with van der Waals surface area (Å²) in [6.07, 6.45) is 14.0. The van der Waals surface area contributed by atoms with Crippen molar-refractivity contribution < 1.29 is 13.9 Å². The number of allylic oxidation sites excluding steroid dienone is 2. The van der Waals surface area contributed by atoms with Crippen molar-refractivity contribution in [1.82, 2.24) is 0 Å². The number of halogens is 1. The lowest BCUT2D eigenvalue weighted by Crippen LogP contribution is -2.30. The summed E-state index contributed by atoms with van der Waals surface area (Å²) in [5.74, 6) is 2.51. The van der Waals surface area contributed by atoms with Crippen LogP contribution in [-0.2, 0) is 4.79 Å². The van der Waals surface area contributed by atoms with Crippen molar-refractivity contribution in [2.45, 2.75) is 58.3 Å². The van der Waals surface area contributed by atoms with Crippen LogP contribution in [0.25, 0.3) is 10.8 Å². The van der Waals surface area contributed by atoms with Crippen LogP contribution in [-0.4, -0.2) is 5.97 Å². The average molecular weight is 395 g/mol. The van der Waals surface area contributed by atoms with Gasteiger partial charge in [0.05, 0.1) is 5.92 Å². The van der Waals surface area contributed by atoms with Gasteiger partial charge in [-0.15, -0.1) is 0 Å². The number of esters is 1. The van der Waals surface area contributed by atoms with Crippen molar-refractivity contribution in [2.75, 3.05) is 0 Å². The van der Waals surface area contributed by atoms with Crippen molar-refractivity contribution in [2.24, 2.45) is 23.7 Å². The zero-order valence-electron chi connectivity index (χ0n) is 17.3. The minimum Gasteiger partial charge on any atom is -0.426 e. The van der Waals surface area contributed by atoms with E-state index < -0.39 is 0 Å². The van der Waals surface area contributed by atoms with Gasteiger partial charge in [0, 0.05) is 5.39 Å². The third-order valence-electron chi connectivity index (χ3n) is 7.07. The van der Waals surface area contributed by atoms with Crippen molar-refractivity contribution in [3.63, 3.8) is 0 Å². The molecule has 0 unspecified atom stereocenters. The summed E-state index contributed by atoms with van der Waals surface area (Å²) in [5, 5.41) is 1.31. The largest absolute Gasteiger partial charge is 0.426 e. The molecule has 3 heteroatoms. The minimum absolute atomic E-state index is 0.00572. The van der Waals surface area contributed by atoms with Crippen LogP contribution in [0, 0.1) is 29.5 Å². The van der Waals surface area contributed by atoms with E-state index in [1.165, 1.54) is 31.7 Å². The Morgan fingerprint density at radius 2 is 1.66 bits per heavy atom. The van der Waals surface area contributed by atoms with Gasteiger partial charge in [0.25, 0.3) is 0 Å². The van der Waals surface area contributed by atoms with Gasteiger partial charge >= 0.3 is 5.97 Å². The smallest absolute Gasteiger partial charge is 0.314 e. The predicted molar refractivity (Wildman–Crippen MR) is 115 cm³/mol. The van der Waals surface area contributed by atoms with Gasteiger partial charge in [-0.1, -0.05) is 24.3 Å². The van der Waals surface area contributed by atoms with Crippen LogP contribution < -0.4 is 4.74 Å². The number of carbonyl (C=O) groups excluding carboxylic acids is 1. The Bertz CT molecular complexity index is 871. The Kier molecular flexibility index (Phi) is 6.32. The van der Waals surface area contributed by atoms with Crippen LogP contribution in [0.2, 0.25) is 0 Å². The summed E-state index contributed by atoms with van der Waals surface area (Å²) < 4.78 is 19.5. The Labute approximate surface area is 173 Å². The maximum atomic E-state index is 13.8. The molecule has 0 saturated heterocycles. The monoisotopic (exact) mass is 394 g/mol. The summed E-state index contributed by atoms with van der Waals surface area (Å²) in [5.41, 5.74) is 0. The molecule has 0 heterocycles. The molecule has 0 atom stereocenters. The van der Waals surface area contributed by atoms with Gasteiger partial charge < -0.3 is 4.74 Å². The third-order valence-corrected chi connectivity index (χ3v) is 7.07. The minimum atomic E-state index is -0.251. The van der Waals surface area contributed by atoms with Gasteiger partial charge in [-0.3, -0.25) is 4.79 Å². The lowest BCUT2D eigenvalue weighted by molar-refractivity contribution is -0.140. The molecular formula is C26H31FO2. The van der Waals surface area contributed by atoms with Crippen LogP contribution in [0.3, 0.4) is 0 Å². The molecular weight excluding hydrogens is 363 g/mol. The zero-order chi connectivity index (χ0) is 20.2. The molecule has 154 valence electrons. The normalized spacial score (nSPS) is 27.9. The quantitative estimate of drug-likeness (QED) is 0.315. The molecule has 2 aromatic rings. The van der Waals surface area contributed by atoms with E-state index in [0.29, 0.717) is 11.1 Å². The molecule has 2 aliphatic rings. The molecule has 2 saturated carbocycles. The fourth-order valence-electron chi connectivity index (χ4n) is 5.39. The fraction of sp³-hybridized carbons (Fsp3) is 0.500. The second-order valence-corrected chi connectivity index (χ2v) is 8.86. The number of ether oxygens (including phenoxy) is 1. The first-order chi connectivity index (χ1) is 14.1. The van der Waals surface area contributed by atoms with Gasteiger partial charge in [0.1, 0.15) is 11.6 Å². The van der Waals surface area contributed by atoms with E-state index >= 15 is 0 Å². The van der Waals surface area contributed by atoms with Crippen LogP contribution >= 0.6 is 0 Å². The second-order valence-electron chi connectivity index (χ2n) is 8.86. The van der Waals surface area contributed by atoms with Gasteiger partial charge in [-0.25, -0.2) is 4.39 Å². The number of rotatable bonds is 4. The maximum Gasteiger partial charge on any atom is 0.314 e. The first kappa shape index (κ1) is 20.1. The average Bonchev–Trinajstić information content (AvgIpc) is 2.75. The molecule has 2 aromatic carbocycles. The van der Waals surface area contributed by atoms with Crippen LogP contribution in [0.5, 0.6) is 5.75 Å². The van der Waals surface area contributed by atoms with Crippen molar-refractivity contribution in [3.8, 4) is 5.75 Å². The summed E-state index contributed by atoms with van der Waals surface area (Å²) in [4.78, 5) is 12.7. The standard InChI is InChI=1S/C26H31FO2/c1-2-4-18-7-9-19(10-8-18)20-11-13-21(14-12-20)26(28)29-23-15-16-24-22(17-23)5-3-6-25(24)27/h2-6,15-21H,7-14H2,1H3/b4-2+. The summed E-state index contributed by atoms with van der Waals surface area (Å²) in [6, 6.07) is 10.1. The molecule has 0 aliphatic heterocycles. The van der Waals surface area contributed by atoms with E-state index in [1.807, 2.05) is 6.07 Å². The van der Waals surface area contributed by atoms with E-state index in [0.717, 1.165) is 48.8 Å². The number of carbonyl (C=O) groups is 1. The van der Waals surface area contributed by atoms with Crippen molar-refractivity contribution >= 4 is 16.7 Å². The van der Waals surface area contributed by atoms with Crippen molar-refractivity contribution in [3.05, 3.63) is 54.4 Å². The fourth-order valence-corrected chi connectivity index (χ4v) is 5.39. The highest BCUT2D eigenvalue weighted by molar-refractivity contribution is 5.85. The second kappa shape index (κ2) is 9.11. The van der Waals surface area contributed by atoms with Gasteiger partial charge in [-0.05, 0) is 106 Å². The molecule has 2 nitrogen and oxygen atoms in total. The van der Waals surface area contributed by atoms with Crippen LogP contribution in [0.1, 0.15) is 58.3 Å².